The van der Waals surface area contributed by atoms with Crippen molar-refractivity contribution in [1.29, 1.82) is 0 Å². The highest BCUT2D eigenvalue weighted by Gasteiger charge is 2.01. The van der Waals surface area contributed by atoms with Crippen LogP contribution in [0.1, 0.15) is 30.5 Å². The van der Waals surface area contributed by atoms with Crippen LogP contribution in [0.25, 0.3) is 0 Å². The van der Waals surface area contributed by atoms with E-state index in [-0.39, 0.29) is 0 Å². The van der Waals surface area contributed by atoms with E-state index >= 15 is 0 Å². The molecule has 0 aliphatic rings. The third kappa shape index (κ3) is 4.38. The van der Waals surface area contributed by atoms with Gasteiger partial charge in [-0.05, 0) is 48.1 Å². The van der Waals surface area contributed by atoms with Gasteiger partial charge in [-0.25, -0.2) is 0 Å². The summed E-state index contributed by atoms with van der Waals surface area (Å²) < 4.78 is 1.11. The highest BCUT2D eigenvalue weighted by atomic mass is 79.9. The second-order valence-electron chi connectivity index (χ2n) is 5.73. The summed E-state index contributed by atoms with van der Waals surface area (Å²) in [6, 6.07) is 15.2. The molecule has 2 rings (SSSR count). The van der Waals surface area contributed by atoms with Crippen molar-refractivity contribution in [3.63, 3.8) is 0 Å². The topological polar surface area (TPSA) is 12.0 Å². The maximum atomic E-state index is 3.51. The summed E-state index contributed by atoms with van der Waals surface area (Å²) in [5.41, 5.74) is 5.19. The molecule has 0 radical (unpaired) electrons. The Balaban J connectivity index is 1.98. The molecule has 0 aromatic heterocycles. The molecule has 106 valence electrons. The number of rotatable bonds is 5. The first-order chi connectivity index (χ1) is 9.54. The Kier molecular flexibility index (Phi) is 5.24. The zero-order valence-corrected chi connectivity index (χ0v) is 14.0. The van der Waals surface area contributed by atoms with E-state index in [0.29, 0.717) is 5.92 Å². The van der Waals surface area contributed by atoms with Gasteiger partial charge in [-0.1, -0.05) is 60.1 Å². The number of anilines is 1. The Hall–Kier alpha value is -1.28. The van der Waals surface area contributed by atoms with E-state index in [4.69, 9.17) is 0 Å². The van der Waals surface area contributed by atoms with Crippen molar-refractivity contribution >= 4 is 21.6 Å². The average molecular weight is 332 g/mol. The lowest BCUT2D eigenvalue weighted by atomic mass is 10.0. The minimum Gasteiger partial charge on any atom is -0.381 e. The van der Waals surface area contributed by atoms with Gasteiger partial charge in [0.25, 0.3) is 0 Å². The smallest absolute Gasteiger partial charge is 0.0400 e. The molecule has 0 aliphatic heterocycles. The molecule has 0 aliphatic carbocycles. The van der Waals surface area contributed by atoms with Gasteiger partial charge in [-0.3, -0.25) is 0 Å². The summed E-state index contributed by atoms with van der Waals surface area (Å²) in [6.07, 6.45) is 1.15. The zero-order valence-electron chi connectivity index (χ0n) is 12.4. The van der Waals surface area contributed by atoms with Crippen LogP contribution in [-0.4, -0.2) is 0 Å². The van der Waals surface area contributed by atoms with Gasteiger partial charge in [-0.2, -0.15) is 0 Å². The van der Waals surface area contributed by atoms with Gasteiger partial charge >= 0.3 is 0 Å². The molecule has 0 heterocycles. The fraction of sp³-hybridized carbons (Fsp3) is 0.333. The number of hydrogen-bond acceptors (Lipinski definition) is 1. The number of aryl methyl sites for hydroxylation is 1. The summed E-state index contributed by atoms with van der Waals surface area (Å²) >= 11 is 3.51. The van der Waals surface area contributed by atoms with Crippen LogP contribution in [0.2, 0.25) is 0 Å². The maximum Gasteiger partial charge on any atom is 0.0400 e. The molecule has 1 nitrogen and oxygen atoms in total. The number of nitrogens with one attached hydrogen (secondary N) is 1. The van der Waals surface area contributed by atoms with Crippen molar-refractivity contribution < 1.29 is 0 Å². The van der Waals surface area contributed by atoms with Crippen molar-refractivity contribution in [3.05, 3.63) is 63.6 Å². The predicted molar refractivity (Wildman–Crippen MR) is 91.2 cm³/mol. The first-order valence-corrected chi connectivity index (χ1v) is 7.91. The van der Waals surface area contributed by atoms with Gasteiger partial charge in [0.2, 0.25) is 0 Å². The van der Waals surface area contributed by atoms with Crippen molar-refractivity contribution in [2.24, 2.45) is 5.92 Å². The van der Waals surface area contributed by atoms with E-state index in [9.17, 15) is 0 Å². The SMILES string of the molecule is Cc1ccc(Br)cc1NCc1ccc(CC(C)C)cc1. The zero-order chi connectivity index (χ0) is 14.5. The molecule has 1 N–H and O–H groups in total. The molecule has 0 unspecified atom stereocenters. The third-order valence-corrected chi connectivity index (χ3v) is 3.84. The highest BCUT2D eigenvalue weighted by Crippen LogP contribution is 2.21. The molecule has 2 aromatic rings. The van der Waals surface area contributed by atoms with Gasteiger partial charge in [0.15, 0.2) is 0 Å². The Morgan fingerprint density at radius 2 is 1.65 bits per heavy atom. The van der Waals surface area contributed by atoms with E-state index in [2.05, 4.69) is 84.5 Å². The Bertz CT molecular complexity index is 558. The van der Waals surface area contributed by atoms with Crippen molar-refractivity contribution in [2.75, 3.05) is 5.32 Å². The normalized spacial score (nSPS) is 10.8. The van der Waals surface area contributed by atoms with E-state index in [0.717, 1.165) is 17.4 Å². The molecule has 0 spiro atoms. The number of hydrogen-bond donors (Lipinski definition) is 1. The molecule has 0 bridgehead atoms. The Morgan fingerprint density at radius 1 is 1.00 bits per heavy atom. The maximum absolute atomic E-state index is 3.51. The van der Waals surface area contributed by atoms with Gasteiger partial charge in [0, 0.05) is 16.7 Å². The van der Waals surface area contributed by atoms with Crippen LogP contribution in [-0.2, 0) is 13.0 Å². The summed E-state index contributed by atoms with van der Waals surface area (Å²) in [4.78, 5) is 0. The molecule has 0 amide bonds. The average Bonchev–Trinajstić information content (AvgIpc) is 2.41. The van der Waals surface area contributed by atoms with Crippen LogP contribution >= 0.6 is 15.9 Å². The summed E-state index contributed by atoms with van der Waals surface area (Å²) in [6.45, 7) is 7.50. The van der Waals surface area contributed by atoms with Gasteiger partial charge in [0.05, 0.1) is 0 Å². The van der Waals surface area contributed by atoms with Crippen LogP contribution < -0.4 is 5.32 Å². The summed E-state index contributed by atoms with van der Waals surface area (Å²) in [7, 11) is 0. The lowest BCUT2D eigenvalue weighted by molar-refractivity contribution is 0.647. The molecule has 20 heavy (non-hydrogen) atoms. The Morgan fingerprint density at radius 3 is 2.30 bits per heavy atom. The molecular weight excluding hydrogens is 310 g/mol. The standard InChI is InChI=1S/C18H22BrN/c1-13(2)10-15-5-7-16(8-6-15)12-20-18-11-17(19)9-4-14(18)3/h4-9,11,13,20H,10,12H2,1-3H3. The fourth-order valence-electron chi connectivity index (χ4n) is 2.25. The van der Waals surface area contributed by atoms with Gasteiger partial charge in [0.1, 0.15) is 0 Å². The molecular formula is C18H22BrN. The molecule has 0 saturated carbocycles. The largest absolute Gasteiger partial charge is 0.381 e. The Labute approximate surface area is 130 Å². The summed E-state index contributed by atoms with van der Waals surface area (Å²) in [5.74, 6) is 0.711. The highest BCUT2D eigenvalue weighted by molar-refractivity contribution is 9.10. The molecule has 2 heteroatoms. The minimum atomic E-state index is 0.711. The lowest BCUT2D eigenvalue weighted by Gasteiger charge is -2.11. The van der Waals surface area contributed by atoms with Crippen LogP contribution in [0.4, 0.5) is 5.69 Å². The van der Waals surface area contributed by atoms with Gasteiger partial charge < -0.3 is 5.32 Å². The number of halogens is 1. The van der Waals surface area contributed by atoms with Gasteiger partial charge in [-0.15, -0.1) is 0 Å². The van der Waals surface area contributed by atoms with Crippen molar-refractivity contribution in [2.45, 2.75) is 33.7 Å². The van der Waals surface area contributed by atoms with E-state index < -0.39 is 0 Å². The van der Waals surface area contributed by atoms with E-state index in [1.165, 1.54) is 22.4 Å². The van der Waals surface area contributed by atoms with Crippen LogP contribution in [0.15, 0.2) is 46.9 Å². The molecule has 2 aromatic carbocycles. The molecule has 0 fully saturated rings. The number of benzene rings is 2. The van der Waals surface area contributed by atoms with E-state index in [1.807, 2.05) is 0 Å². The summed E-state index contributed by atoms with van der Waals surface area (Å²) in [5, 5.41) is 3.50. The fourth-order valence-corrected chi connectivity index (χ4v) is 2.61. The third-order valence-electron chi connectivity index (χ3n) is 3.35. The first kappa shape index (κ1) is 15.1. The monoisotopic (exact) mass is 331 g/mol. The predicted octanol–water partition coefficient (Wildman–Crippen LogP) is 5.57. The van der Waals surface area contributed by atoms with Crippen LogP contribution in [0.5, 0.6) is 0 Å². The second kappa shape index (κ2) is 6.94. The minimum absolute atomic E-state index is 0.711. The van der Waals surface area contributed by atoms with Crippen molar-refractivity contribution in [1.82, 2.24) is 0 Å². The molecule has 0 saturated heterocycles. The van der Waals surface area contributed by atoms with E-state index in [1.54, 1.807) is 0 Å². The quantitative estimate of drug-likeness (QED) is 0.755. The first-order valence-electron chi connectivity index (χ1n) is 7.12. The lowest BCUT2D eigenvalue weighted by Crippen LogP contribution is -2.01. The van der Waals surface area contributed by atoms with Crippen LogP contribution in [0, 0.1) is 12.8 Å². The second-order valence-corrected chi connectivity index (χ2v) is 6.64. The van der Waals surface area contributed by atoms with Crippen molar-refractivity contribution in [3.8, 4) is 0 Å². The van der Waals surface area contributed by atoms with Crippen LogP contribution in [0.3, 0.4) is 0 Å². The molecule has 0 atom stereocenters.